The molecule has 0 saturated heterocycles. The number of anilines is 4. The average molecular weight is 563 g/mol. The van der Waals surface area contributed by atoms with Gasteiger partial charge in [0.25, 0.3) is 5.91 Å². The van der Waals surface area contributed by atoms with E-state index in [0.29, 0.717) is 16.6 Å². The summed E-state index contributed by atoms with van der Waals surface area (Å²) >= 11 is 2.93. The summed E-state index contributed by atoms with van der Waals surface area (Å²) in [7, 11) is 3.97. The molecule has 8 heteroatoms. The highest BCUT2D eigenvalue weighted by atomic mass is 32.2. The second-order valence-electron chi connectivity index (χ2n) is 9.44. The van der Waals surface area contributed by atoms with Crippen molar-refractivity contribution in [3.8, 4) is 0 Å². The van der Waals surface area contributed by atoms with Gasteiger partial charge in [-0.05, 0) is 60.2 Å². The summed E-state index contributed by atoms with van der Waals surface area (Å²) in [5.74, 6) is -0.180. The third-order valence-electron chi connectivity index (χ3n) is 6.56. The number of para-hydroxylation sites is 3. The zero-order valence-electron chi connectivity index (χ0n) is 22.0. The molecule has 2 aliphatic rings. The molecule has 0 radical (unpaired) electrons. The van der Waals surface area contributed by atoms with Crippen LogP contribution in [0, 0.1) is 0 Å². The molecule has 0 N–H and O–H groups in total. The van der Waals surface area contributed by atoms with E-state index in [9.17, 15) is 9.59 Å². The quantitative estimate of drug-likeness (QED) is 0.244. The first-order chi connectivity index (χ1) is 19.5. The van der Waals surface area contributed by atoms with Gasteiger partial charge in [0.15, 0.2) is 5.17 Å². The van der Waals surface area contributed by atoms with Crippen molar-refractivity contribution in [1.29, 1.82) is 0 Å². The molecule has 0 atom stereocenters. The van der Waals surface area contributed by atoms with Crippen molar-refractivity contribution in [2.75, 3.05) is 34.5 Å². The minimum absolute atomic E-state index is 0.0786. The Morgan fingerprint density at radius 1 is 0.850 bits per heavy atom. The smallest absolute Gasteiger partial charge is 0.283 e. The number of thioether (sulfide) groups is 1. The van der Waals surface area contributed by atoms with Gasteiger partial charge < -0.3 is 4.90 Å². The number of benzene rings is 4. The molecule has 198 valence electrons. The number of carbonyl (C=O) groups is 2. The monoisotopic (exact) mass is 562 g/mol. The lowest BCUT2D eigenvalue weighted by molar-refractivity contribution is -0.115. The Kier molecular flexibility index (Phi) is 7.19. The lowest BCUT2D eigenvalue weighted by atomic mass is 10.1. The summed E-state index contributed by atoms with van der Waals surface area (Å²) in [5.41, 5.74) is 4.73. The van der Waals surface area contributed by atoms with Crippen molar-refractivity contribution in [2.45, 2.75) is 9.79 Å². The largest absolute Gasteiger partial charge is 0.378 e. The number of fused-ring (bicyclic) bond motifs is 2. The third kappa shape index (κ3) is 5.03. The van der Waals surface area contributed by atoms with Gasteiger partial charge in [-0.1, -0.05) is 78.1 Å². The van der Waals surface area contributed by atoms with Crippen LogP contribution in [0.3, 0.4) is 0 Å². The average Bonchev–Trinajstić information content (AvgIpc) is 3.29. The minimum Gasteiger partial charge on any atom is -0.378 e. The first kappa shape index (κ1) is 26.0. The van der Waals surface area contributed by atoms with Crippen molar-refractivity contribution >= 4 is 69.3 Å². The molecule has 0 fully saturated rings. The van der Waals surface area contributed by atoms with E-state index in [1.165, 1.54) is 11.8 Å². The van der Waals surface area contributed by atoms with Gasteiger partial charge in [0.2, 0.25) is 5.91 Å². The Balaban J connectivity index is 1.30. The van der Waals surface area contributed by atoms with Crippen LogP contribution in [0.2, 0.25) is 0 Å². The number of aliphatic imine (C=N–C) groups is 1. The molecule has 0 bridgehead atoms. The first-order valence-electron chi connectivity index (χ1n) is 12.8. The van der Waals surface area contributed by atoms with Crippen LogP contribution in [-0.2, 0) is 9.59 Å². The fraction of sp³-hybridized carbons (Fsp3) is 0.0938. The summed E-state index contributed by atoms with van der Waals surface area (Å²) < 4.78 is 0. The van der Waals surface area contributed by atoms with E-state index in [1.54, 1.807) is 27.6 Å². The molecule has 0 unspecified atom stereocenters. The lowest BCUT2D eigenvalue weighted by Crippen LogP contribution is -2.33. The summed E-state index contributed by atoms with van der Waals surface area (Å²) in [6, 6.07) is 33.2. The van der Waals surface area contributed by atoms with Gasteiger partial charge in [0.05, 0.1) is 22.8 Å². The Hall–Kier alpha value is -4.27. The number of carbonyl (C=O) groups excluding carboxylic acids is 2. The minimum atomic E-state index is -0.220. The Morgan fingerprint density at radius 3 is 2.08 bits per heavy atom. The van der Waals surface area contributed by atoms with Crippen molar-refractivity contribution in [2.24, 2.45) is 4.99 Å². The van der Waals surface area contributed by atoms with E-state index >= 15 is 0 Å². The maximum Gasteiger partial charge on any atom is 0.283 e. The zero-order chi connectivity index (χ0) is 27.6. The van der Waals surface area contributed by atoms with Gasteiger partial charge >= 0.3 is 0 Å². The maximum absolute atomic E-state index is 13.8. The van der Waals surface area contributed by atoms with E-state index in [4.69, 9.17) is 4.99 Å². The van der Waals surface area contributed by atoms with Crippen LogP contribution >= 0.6 is 23.5 Å². The summed E-state index contributed by atoms with van der Waals surface area (Å²) in [5, 5.41) is 0.480. The molecule has 4 aromatic carbocycles. The van der Waals surface area contributed by atoms with Gasteiger partial charge in [-0.2, -0.15) is 0 Å². The van der Waals surface area contributed by atoms with Crippen molar-refractivity contribution in [3.05, 3.63) is 114 Å². The third-order valence-corrected chi connectivity index (χ3v) is 8.62. The molecule has 0 spiro atoms. The van der Waals surface area contributed by atoms with Gasteiger partial charge in [-0.3, -0.25) is 19.4 Å². The van der Waals surface area contributed by atoms with E-state index < -0.39 is 0 Å². The zero-order valence-corrected chi connectivity index (χ0v) is 23.7. The van der Waals surface area contributed by atoms with Crippen LogP contribution in [-0.4, -0.2) is 36.8 Å². The Bertz CT molecular complexity index is 1600. The predicted octanol–water partition coefficient (Wildman–Crippen LogP) is 7.06. The number of hydrogen-bond donors (Lipinski definition) is 0. The predicted molar refractivity (Wildman–Crippen MR) is 167 cm³/mol. The SMILES string of the molecule is CN(C)c1ccc(/C=C2/N=C(SCC(=O)N3c4ccccc4Sc4ccccc43)N(c3ccccc3)C2=O)cc1. The van der Waals surface area contributed by atoms with Crippen molar-refractivity contribution < 1.29 is 9.59 Å². The second kappa shape index (κ2) is 11.1. The number of hydrogen-bond acceptors (Lipinski definition) is 6. The maximum atomic E-state index is 13.8. The fourth-order valence-corrected chi connectivity index (χ4v) is 6.51. The molecule has 0 aliphatic carbocycles. The van der Waals surface area contributed by atoms with Crippen LogP contribution in [0.15, 0.2) is 124 Å². The molecule has 6 rings (SSSR count). The molecule has 0 aromatic heterocycles. The van der Waals surface area contributed by atoms with Crippen LogP contribution in [0.5, 0.6) is 0 Å². The highest BCUT2D eigenvalue weighted by Gasteiger charge is 2.34. The molecule has 2 amide bonds. The van der Waals surface area contributed by atoms with E-state index in [2.05, 4.69) is 0 Å². The highest BCUT2D eigenvalue weighted by Crippen LogP contribution is 2.48. The second-order valence-corrected chi connectivity index (χ2v) is 11.5. The number of nitrogens with zero attached hydrogens (tertiary/aromatic N) is 4. The molecule has 2 aliphatic heterocycles. The Labute approximate surface area is 242 Å². The van der Waals surface area contributed by atoms with Crippen LogP contribution in [0.1, 0.15) is 5.56 Å². The fourth-order valence-electron chi connectivity index (χ4n) is 4.59. The Morgan fingerprint density at radius 2 is 1.45 bits per heavy atom. The lowest BCUT2D eigenvalue weighted by Gasteiger charge is -2.31. The van der Waals surface area contributed by atoms with E-state index in [-0.39, 0.29) is 17.6 Å². The van der Waals surface area contributed by atoms with Crippen LogP contribution in [0.4, 0.5) is 22.7 Å². The van der Waals surface area contributed by atoms with Gasteiger partial charge in [-0.15, -0.1) is 0 Å². The van der Waals surface area contributed by atoms with Gasteiger partial charge in [-0.25, -0.2) is 4.99 Å². The molecule has 4 aromatic rings. The van der Waals surface area contributed by atoms with Crippen molar-refractivity contribution in [3.63, 3.8) is 0 Å². The molecule has 2 heterocycles. The highest BCUT2D eigenvalue weighted by molar-refractivity contribution is 8.14. The molecule has 40 heavy (non-hydrogen) atoms. The molecule has 6 nitrogen and oxygen atoms in total. The van der Waals surface area contributed by atoms with E-state index in [0.717, 1.165) is 32.4 Å². The normalized spacial score (nSPS) is 15.1. The summed E-state index contributed by atoms with van der Waals surface area (Å²) in [6.45, 7) is 0. The van der Waals surface area contributed by atoms with E-state index in [1.807, 2.05) is 122 Å². The van der Waals surface area contributed by atoms with Gasteiger partial charge in [0.1, 0.15) is 5.70 Å². The number of rotatable bonds is 5. The van der Waals surface area contributed by atoms with Gasteiger partial charge in [0, 0.05) is 29.6 Å². The molecular weight excluding hydrogens is 537 g/mol. The molecule has 0 saturated carbocycles. The standard InChI is InChI=1S/C32H26N4O2S2/c1-34(2)23-18-16-22(17-19-23)20-25-31(38)35(24-10-4-3-5-11-24)32(33-25)39-21-30(37)36-26-12-6-8-14-28(26)40-29-15-9-7-13-27(29)36/h3-20H,21H2,1-2H3/b25-20+. The summed E-state index contributed by atoms with van der Waals surface area (Å²) in [6.07, 6.45) is 1.79. The number of amidine groups is 1. The topological polar surface area (TPSA) is 56.2 Å². The van der Waals surface area contributed by atoms with Crippen LogP contribution < -0.4 is 14.7 Å². The van der Waals surface area contributed by atoms with Crippen LogP contribution in [0.25, 0.3) is 6.08 Å². The number of amides is 2. The van der Waals surface area contributed by atoms with Crippen molar-refractivity contribution in [1.82, 2.24) is 0 Å². The first-order valence-corrected chi connectivity index (χ1v) is 14.6. The summed E-state index contributed by atoms with van der Waals surface area (Å²) in [4.78, 5) is 39.5. The molecular formula is C32H26N4O2S2.